The molecule has 0 bridgehead atoms. The van der Waals surface area contributed by atoms with Crippen LogP contribution in [0.15, 0.2) is 41.2 Å². The molecule has 2 heterocycles. The lowest BCUT2D eigenvalue weighted by molar-refractivity contribution is 0.313. The molecule has 124 valence electrons. The molecule has 3 rings (SSSR count). The lowest BCUT2D eigenvalue weighted by atomic mass is 10.1. The highest BCUT2D eigenvalue weighted by molar-refractivity contribution is 6.17. The largest absolute Gasteiger partial charge is 0.369 e. The summed E-state index contributed by atoms with van der Waals surface area (Å²) < 4.78 is 0. The summed E-state index contributed by atoms with van der Waals surface area (Å²) in [6.07, 6.45) is 0. The first-order valence-electron chi connectivity index (χ1n) is 7.49. The van der Waals surface area contributed by atoms with Crippen LogP contribution in [-0.2, 0) is 5.88 Å². The van der Waals surface area contributed by atoms with Crippen LogP contribution in [0.3, 0.4) is 0 Å². The molecule has 1 aromatic carbocycles. The Labute approximate surface area is 147 Å². The molecule has 0 spiro atoms. The van der Waals surface area contributed by atoms with Gasteiger partial charge in [-0.2, -0.15) is 0 Å². The Balaban J connectivity index is 0.00000192. The number of halogens is 2. The van der Waals surface area contributed by atoms with E-state index in [-0.39, 0.29) is 23.8 Å². The fraction of sp³-hybridized carbons (Fsp3) is 0.353. The Morgan fingerprint density at radius 1 is 1.13 bits per heavy atom. The second-order valence-corrected chi connectivity index (χ2v) is 5.97. The quantitative estimate of drug-likeness (QED) is 0.862. The molecule has 2 aromatic rings. The summed E-state index contributed by atoms with van der Waals surface area (Å²) in [4.78, 5) is 19.5. The number of alkyl halides is 1. The van der Waals surface area contributed by atoms with E-state index in [2.05, 4.69) is 34.0 Å². The molecule has 1 N–H and O–H groups in total. The van der Waals surface area contributed by atoms with E-state index >= 15 is 0 Å². The number of pyridine rings is 1. The first-order valence-corrected chi connectivity index (χ1v) is 8.03. The van der Waals surface area contributed by atoms with Crippen LogP contribution in [0.2, 0.25) is 0 Å². The summed E-state index contributed by atoms with van der Waals surface area (Å²) in [5.74, 6) is 0.233. The molecule has 1 aliphatic heterocycles. The number of hydrogen-bond acceptors (Lipinski definition) is 3. The van der Waals surface area contributed by atoms with E-state index in [1.807, 2.05) is 18.2 Å². The fourth-order valence-electron chi connectivity index (χ4n) is 2.71. The van der Waals surface area contributed by atoms with Crippen LogP contribution in [0.5, 0.6) is 0 Å². The maximum Gasteiger partial charge on any atom is 0.252 e. The van der Waals surface area contributed by atoms with Gasteiger partial charge in [0, 0.05) is 48.7 Å². The molecule has 1 aliphatic rings. The van der Waals surface area contributed by atoms with E-state index in [4.69, 9.17) is 11.6 Å². The summed E-state index contributed by atoms with van der Waals surface area (Å²) >= 11 is 5.74. The Hall–Kier alpha value is -1.49. The van der Waals surface area contributed by atoms with Crippen LogP contribution in [0.1, 0.15) is 5.56 Å². The van der Waals surface area contributed by atoms with Crippen molar-refractivity contribution in [2.75, 3.05) is 38.1 Å². The van der Waals surface area contributed by atoms with Crippen molar-refractivity contribution in [3.8, 4) is 11.3 Å². The van der Waals surface area contributed by atoms with E-state index in [1.165, 1.54) is 5.69 Å². The molecular weight excluding hydrogens is 333 g/mol. The summed E-state index contributed by atoms with van der Waals surface area (Å²) in [6, 6.07) is 12.0. The van der Waals surface area contributed by atoms with Gasteiger partial charge in [0.25, 0.3) is 5.56 Å². The van der Waals surface area contributed by atoms with Gasteiger partial charge in [0.05, 0.1) is 5.88 Å². The number of aromatic amines is 1. The minimum absolute atomic E-state index is 0. The number of anilines is 1. The molecule has 1 fully saturated rings. The fourth-order valence-corrected chi connectivity index (χ4v) is 2.92. The second kappa shape index (κ2) is 7.86. The van der Waals surface area contributed by atoms with Gasteiger partial charge in [-0.05, 0) is 25.2 Å². The third-order valence-electron chi connectivity index (χ3n) is 4.16. The lowest BCUT2D eigenvalue weighted by Crippen LogP contribution is -2.44. The molecular formula is C17H21Cl2N3O. The molecule has 0 amide bonds. The average molecular weight is 354 g/mol. The van der Waals surface area contributed by atoms with E-state index in [0.717, 1.165) is 37.4 Å². The van der Waals surface area contributed by atoms with Crippen molar-refractivity contribution < 1.29 is 0 Å². The van der Waals surface area contributed by atoms with Crippen LogP contribution in [0.25, 0.3) is 11.3 Å². The number of likely N-dealkylation sites (N-methyl/N-ethyl adjacent to an activating group) is 1. The Morgan fingerprint density at radius 3 is 2.52 bits per heavy atom. The first-order chi connectivity index (χ1) is 10.7. The van der Waals surface area contributed by atoms with Gasteiger partial charge in [0.1, 0.15) is 0 Å². The third kappa shape index (κ3) is 4.08. The summed E-state index contributed by atoms with van der Waals surface area (Å²) in [7, 11) is 2.15. The van der Waals surface area contributed by atoms with Gasteiger partial charge in [0.15, 0.2) is 0 Å². The van der Waals surface area contributed by atoms with Crippen LogP contribution >= 0.6 is 24.0 Å². The highest BCUT2D eigenvalue weighted by Crippen LogP contribution is 2.23. The number of rotatable bonds is 3. The number of aromatic nitrogens is 1. The average Bonchev–Trinajstić information content (AvgIpc) is 2.55. The van der Waals surface area contributed by atoms with Crippen molar-refractivity contribution in [1.29, 1.82) is 0 Å². The van der Waals surface area contributed by atoms with Crippen molar-refractivity contribution in [3.05, 3.63) is 52.3 Å². The van der Waals surface area contributed by atoms with Gasteiger partial charge in [-0.15, -0.1) is 24.0 Å². The number of H-pyrrole nitrogens is 1. The van der Waals surface area contributed by atoms with Crippen LogP contribution in [-0.4, -0.2) is 43.1 Å². The first kappa shape index (κ1) is 17.9. The van der Waals surface area contributed by atoms with Gasteiger partial charge >= 0.3 is 0 Å². The van der Waals surface area contributed by atoms with Crippen molar-refractivity contribution in [3.63, 3.8) is 0 Å². The monoisotopic (exact) mass is 353 g/mol. The van der Waals surface area contributed by atoms with E-state index in [9.17, 15) is 4.79 Å². The summed E-state index contributed by atoms with van der Waals surface area (Å²) in [6.45, 7) is 4.21. The zero-order valence-corrected chi connectivity index (χ0v) is 14.7. The van der Waals surface area contributed by atoms with E-state index in [0.29, 0.717) is 5.56 Å². The highest BCUT2D eigenvalue weighted by Gasteiger charge is 2.14. The topological polar surface area (TPSA) is 39.3 Å². The zero-order chi connectivity index (χ0) is 15.5. The smallest absolute Gasteiger partial charge is 0.252 e. The number of benzene rings is 1. The Bertz CT molecular complexity index is 709. The second-order valence-electron chi connectivity index (χ2n) is 5.70. The predicted molar refractivity (Wildman–Crippen MR) is 99.0 cm³/mol. The van der Waals surface area contributed by atoms with Gasteiger partial charge in [-0.1, -0.05) is 18.2 Å². The Kier molecular flexibility index (Phi) is 6.10. The summed E-state index contributed by atoms with van der Waals surface area (Å²) in [5.41, 5.74) is 3.54. The molecule has 6 heteroatoms. The molecule has 23 heavy (non-hydrogen) atoms. The third-order valence-corrected chi connectivity index (χ3v) is 4.45. The van der Waals surface area contributed by atoms with Crippen molar-refractivity contribution in [1.82, 2.24) is 9.88 Å². The molecule has 4 nitrogen and oxygen atoms in total. The highest BCUT2D eigenvalue weighted by atomic mass is 35.5. The number of nitrogens with one attached hydrogen (secondary N) is 1. The maximum absolute atomic E-state index is 11.9. The predicted octanol–water partition coefficient (Wildman–Crippen LogP) is 2.95. The van der Waals surface area contributed by atoms with Gasteiger partial charge in [-0.25, -0.2) is 0 Å². The van der Waals surface area contributed by atoms with Crippen LogP contribution < -0.4 is 10.5 Å². The van der Waals surface area contributed by atoms with Crippen LogP contribution in [0.4, 0.5) is 5.69 Å². The molecule has 0 aliphatic carbocycles. The standard InChI is InChI=1S/C17H20ClN3O.ClH/c1-20-7-9-21(10-8-20)15-4-2-3-13(11-15)16-6-5-14(12-18)17(22)19-16;/h2-6,11H,7-10,12H2,1H3,(H,19,22);1H. The van der Waals surface area contributed by atoms with Crippen molar-refractivity contribution in [2.24, 2.45) is 0 Å². The molecule has 0 unspecified atom stereocenters. The normalized spacial score (nSPS) is 15.3. The number of hydrogen-bond donors (Lipinski definition) is 1. The maximum atomic E-state index is 11.9. The molecule has 0 atom stereocenters. The zero-order valence-electron chi connectivity index (χ0n) is 13.1. The Morgan fingerprint density at radius 2 is 1.87 bits per heavy atom. The van der Waals surface area contributed by atoms with Crippen molar-refractivity contribution in [2.45, 2.75) is 5.88 Å². The summed E-state index contributed by atoms with van der Waals surface area (Å²) in [5, 5.41) is 0. The van der Waals surface area contributed by atoms with E-state index < -0.39 is 0 Å². The molecule has 0 saturated carbocycles. The number of nitrogens with zero attached hydrogens (tertiary/aromatic N) is 2. The lowest BCUT2D eigenvalue weighted by Gasteiger charge is -2.34. The molecule has 1 aromatic heterocycles. The SMILES string of the molecule is CN1CCN(c2cccc(-c3ccc(CCl)c(=O)[nH]3)c2)CC1.Cl. The van der Waals surface area contributed by atoms with Crippen molar-refractivity contribution >= 4 is 29.7 Å². The van der Waals surface area contributed by atoms with Gasteiger partial charge in [0.2, 0.25) is 0 Å². The van der Waals surface area contributed by atoms with Crippen LogP contribution in [0, 0.1) is 0 Å². The minimum atomic E-state index is -0.113. The number of piperazine rings is 1. The molecule has 1 saturated heterocycles. The van der Waals surface area contributed by atoms with Gasteiger partial charge < -0.3 is 14.8 Å². The molecule has 0 radical (unpaired) electrons. The van der Waals surface area contributed by atoms with Gasteiger partial charge in [-0.3, -0.25) is 4.79 Å². The minimum Gasteiger partial charge on any atom is -0.369 e. The van der Waals surface area contributed by atoms with E-state index in [1.54, 1.807) is 6.07 Å².